The maximum atomic E-state index is 3.63. The smallest absolute Gasteiger partial charge is 0.0107 e. The highest BCUT2D eigenvalue weighted by Crippen LogP contribution is 2.21. The van der Waals surface area contributed by atoms with Gasteiger partial charge in [0.05, 0.1) is 0 Å². The lowest BCUT2D eigenvalue weighted by atomic mass is 9.92. The molecule has 0 bridgehead atoms. The SMILES string of the molecule is CCCC1CCN(CCNC(C)CCC)CC1. The molecule has 0 saturated carbocycles. The van der Waals surface area contributed by atoms with Gasteiger partial charge in [0.15, 0.2) is 0 Å². The van der Waals surface area contributed by atoms with E-state index in [-0.39, 0.29) is 0 Å². The van der Waals surface area contributed by atoms with Crippen molar-refractivity contribution in [1.82, 2.24) is 10.2 Å². The lowest BCUT2D eigenvalue weighted by Gasteiger charge is -2.32. The summed E-state index contributed by atoms with van der Waals surface area (Å²) in [5, 5.41) is 3.63. The Labute approximate surface area is 108 Å². The minimum Gasteiger partial charge on any atom is -0.313 e. The predicted octanol–water partition coefficient (Wildman–Crippen LogP) is 3.28. The van der Waals surface area contributed by atoms with Crippen LogP contribution >= 0.6 is 0 Å². The first-order chi connectivity index (χ1) is 8.26. The number of piperidine rings is 1. The van der Waals surface area contributed by atoms with Crippen LogP contribution in [-0.4, -0.2) is 37.1 Å². The van der Waals surface area contributed by atoms with E-state index in [4.69, 9.17) is 0 Å². The van der Waals surface area contributed by atoms with Crippen LogP contribution in [0.5, 0.6) is 0 Å². The first-order valence-electron chi connectivity index (χ1n) is 7.72. The Morgan fingerprint density at radius 3 is 2.47 bits per heavy atom. The van der Waals surface area contributed by atoms with Crippen molar-refractivity contribution in [3.63, 3.8) is 0 Å². The normalized spacial score (nSPS) is 20.6. The largest absolute Gasteiger partial charge is 0.313 e. The van der Waals surface area contributed by atoms with Crippen molar-refractivity contribution in [2.45, 2.75) is 65.3 Å². The van der Waals surface area contributed by atoms with Gasteiger partial charge in [0.25, 0.3) is 0 Å². The molecule has 102 valence electrons. The molecule has 1 fully saturated rings. The van der Waals surface area contributed by atoms with Gasteiger partial charge in [-0.3, -0.25) is 0 Å². The first kappa shape index (κ1) is 15.0. The van der Waals surface area contributed by atoms with Crippen LogP contribution in [0.3, 0.4) is 0 Å². The van der Waals surface area contributed by atoms with Gasteiger partial charge >= 0.3 is 0 Å². The molecule has 1 unspecified atom stereocenters. The molecule has 1 saturated heterocycles. The van der Waals surface area contributed by atoms with Gasteiger partial charge in [0, 0.05) is 19.1 Å². The Balaban J connectivity index is 2.02. The highest BCUT2D eigenvalue weighted by Gasteiger charge is 2.17. The first-order valence-corrected chi connectivity index (χ1v) is 7.72. The molecule has 1 aliphatic rings. The third-order valence-electron chi connectivity index (χ3n) is 4.05. The van der Waals surface area contributed by atoms with Gasteiger partial charge in [-0.25, -0.2) is 0 Å². The number of nitrogens with zero attached hydrogens (tertiary/aromatic N) is 1. The molecule has 0 radical (unpaired) electrons. The molecule has 0 aromatic carbocycles. The van der Waals surface area contributed by atoms with E-state index in [1.807, 2.05) is 0 Å². The molecule has 0 spiro atoms. The molecule has 17 heavy (non-hydrogen) atoms. The van der Waals surface area contributed by atoms with E-state index in [0.29, 0.717) is 6.04 Å². The van der Waals surface area contributed by atoms with Gasteiger partial charge in [-0.2, -0.15) is 0 Å². The van der Waals surface area contributed by atoms with E-state index in [0.717, 1.165) is 5.92 Å². The van der Waals surface area contributed by atoms with E-state index in [1.165, 1.54) is 64.7 Å². The van der Waals surface area contributed by atoms with Crippen molar-refractivity contribution in [1.29, 1.82) is 0 Å². The quantitative estimate of drug-likeness (QED) is 0.700. The molecular weight excluding hydrogens is 208 g/mol. The Morgan fingerprint density at radius 1 is 1.18 bits per heavy atom. The number of nitrogens with one attached hydrogen (secondary N) is 1. The average molecular weight is 240 g/mol. The van der Waals surface area contributed by atoms with Crippen molar-refractivity contribution in [2.75, 3.05) is 26.2 Å². The second-order valence-corrected chi connectivity index (χ2v) is 5.72. The van der Waals surface area contributed by atoms with Crippen molar-refractivity contribution in [2.24, 2.45) is 5.92 Å². The van der Waals surface area contributed by atoms with Crippen molar-refractivity contribution in [3.05, 3.63) is 0 Å². The third kappa shape index (κ3) is 6.42. The monoisotopic (exact) mass is 240 g/mol. The highest BCUT2D eigenvalue weighted by atomic mass is 15.1. The summed E-state index contributed by atoms with van der Waals surface area (Å²) in [6.45, 7) is 11.9. The predicted molar refractivity (Wildman–Crippen MR) is 76.4 cm³/mol. The standard InChI is InChI=1S/C15H32N2/c1-4-6-14(3)16-10-13-17-11-8-15(7-5-2)9-12-17/h14-16H,4-13H2,1-3H3. The molecular formula is C15H32N2. The minimum atomic E-state index is 0.692. The summed E-state index contributed by atoms with van der Waals surface area (Å²) >= 11 is 0. The second-order valence-electron chi connectivity index (χ2n) is 5.72. The zero-order valence-corrected chi connectivity index (χ0v) is 12.2. The average Bonchev–Trinajstić information content (AvgIpc) is 2.32. The molecule has 1 heterocycles. The van der Waals surface area contributed by atoms with Crippen molar-refractivity contribution < 1.29 is 0 Å². The molecule has 0 amide bonds. The number of likely N-dealkylation sites (tertiary alicyclic amines) is 1. The fraction of sp³-hybridized carbons (Fsp3) is 1.00. The highest BCUT2D eigenvalue weighted by molar-refractivity contribution is 4.73. The maximum absolute atomic E-state index is 3.63. The van der Waals surface area contributed by atoms with Crippen LogP contribution in [0.4, 0.5) is 0 Å². The van der Waals surface area contributed by atoms with Gasteiger partial charge in [0.1, 0.15) is 0 Å². The zero-order valence-electron chi connectivity index (χ0n) is 12.2. The summed E-state index contributed by atoms with van der Waals surface area (Å²) < 4.78 is 0. The second kappa shape index (κ2) is 8.93. The Morgan fingerprint density at radius 2 is 1.88 bits per heavy atom. The molecule has 1 atom stereocenters. The summed E-state index contributed by atoms with van der Waals surface area (Å²) in [7, 11) is 0. The molecule has 0 aromatic heterocycles. The van der Waals surface area contributed by atoms with E-state index in [1.54, 1.807) is 0 Å². The third-order valence-corrected chi connectivity index (χ3v) is 4.05. The fourth-order valence-electron chi connectivity index (χ4n) is 2.91. The van der Waals surface area contributed by atoms with Gasteiger partial charge in [-0.05, 0) is 45.2 Å². The van der Waals surface area contributed by atoms with Crippen LogP contribution in [0.1, 0.15) is 59.3 Å². The van der Waals surface area contributed by atoms with Gasteiger partial charge in [-0.1, -0.05) is 33.1 Å². The topological polar surface area (TPSA) is 15.3 Å². The van der Waals surface area contributed by atoms with Crippen LogP contribution in [0.25, 0.3) is 0 Å². The molecule has 1 aliphatic heterocycles. The van der Waals surface area contributed by atoms with E-state index in [2.05, 4.69) is 31.0 Å². The Hall–Kier alpha value is -0.0800. The Bertz CT molecular complexity index is 174. The molecule has 1 N–H and O–H groups in total. The Kier molecular flexibility index (Phi) is 7.87. The molecule has 0 aromatic rings. The van der Waals surface area contributed by atoms with Crippen LogP contribution in [-0.2, 0) is 0 Å². The van der Waals surface area contributed by atoms with E-state index < -0.39 is 0 Å². The minimum absolute atomic E-state index is 0.692. The van der Waals surface area contributed by atoms with Crippen LogP contribution in [0.15, 0.2) is 0 Å². The molecule has 0 aliphatic carbocycles. The van der Waals surface area contributed by atoms with Crippen molar-refractivity contribution >= 4 is 0 Å². The van der Waals surface area contributed by atoms with Gasteiger partial charge in [-0.15, -0.1) is 0 Å². The fourth-order valence-corrected chi connectivity index (χ4v) is 2.91. The number of hydrogen-bond acceptors (Lipinski definition) is 2. The lowest BCUT2D eigenvalue weighted by molar-refractivity contribution is 0.177. The summed E-state index contributed by atoms with van der Waals surface area (Å²) in [6, 6.07) is 0.692. The van der Waals surface area contributed by atoms with Crippen molar-refractivity contribution in [3.8, 4) is 0 Å². The molecule has 2 nitrogen and oxygen atoms in total. The molecule has 1 rings (SSSR count). The molecule has 2 heteroatoms. The van der Waals surface area contributed by atoms with Crippen LogP contribution < -0.4 is 5.32 Å². The summed E-state index contributed by atoms with van der Waals surface area (Å²) in [5.41, 5.74) is 0. The van der Waals surface area contributed by atoms with Crippen LogP contribution in [0.2, 0.25) is 0 Å². The zero-order chi connectivity index (χ0) is 12.5. The maximum Gasteiger partial charge on any atom is 0.0107 e. The van der Waals surface area contributed by atoms with E-state index >= 15 is 0 Å². The number of hydrogen-bond donors (Lipinski definition) is 1. The summed E-state index contributed by atoms with van der Waals surface area (Å²) in [4.78, 5) is 2.64. The van der Waals surface area contributed by atoms with Crippen LogP contribution in [0, 0.1) is 5.92 Å². The van der Waals surface area contributed by atoms with Gasteiger partial charge in [0.2, 0.25) is 0 Å². The van der Waals surface area contributed by atoms with Gasteiger partial charge < -0.3 is 10.2 Å². The summed E-state index contributed by atoms with van der Waals surface area (Å²) in [5.74, 6) is 1.02. The number of rotatable bonds is 8. The van der Waals surface area contributed by atoms with E-state index in [9.17, 15) is 0 Å². The lowest BCUT2D eigenvalue weighted by Crippen LogP contribution is -2.40. The summed E-state index contributed by atoms with van der Waals surface area (Å²) in [6.07, 6.45) is 8.26.